The summed E-state index contributed by atoms with van der Waals surface area (Å²) in [4.78, 5) is 0. The third kappa shape index (κ3) is 3.28. The largest absolute Gasteiger partial charge is 0.380 e. The molecule has 112 valence electrons. The highest BCUT2D eigenvalue weighted by molar-refractivity contribution is 5.46. The standard InChI is InChI=1S/C16H22F3N/c1-15(2)7-10(8-16(3,4)9-15)20-12-6-5-11(17)13(18)14(12)19/h5-6,10,20H,7-9H2,1-4H3. The van der Waals surface area contributed by atoms with Gasteiger partial charge in [0.2, 0.25) is 0 Å². The molecule has 1 nitrogen and oxygen atoms in total. The zero-order valence-electron chi connectivity index (χ0n) is 12.5. The fourth-order valence-corrected chi connectivity index (χ4v) is 3.81. The van der Waals surface area contributed by atoms with Gasteiger partial charge in [-0.05, 0) is 42.2 Å². The molecule has 0 unspecified atom stereocenters. The molecule has 0 spiro atoms. The first kappa shape index (κ1) is 15.2. The second-order valence-electron chi connectivity index (χ2n) is 7.48. The molecule has 0 amide bonds. The Balaban J connectivity index is 2.20. The summed E-state index contributed by atoms with van der Waals surface area (Å²) in [5.41, 5.74) is 0.338. The highest BCUT2D eigenvalue weighted by Crippen LogP contribution is 2.46. The van der Waals surface area contributed by atoms with Gasteiger partial charge in [0.25, 0.3) is 0 Å². The van der Waals surface area contributed by atoms with Crippen molar-refractivity contribution in [3.63, 3.8) is 0 Å². The van der Waals surface area contributed by atoms with Crippen LogP contribution in [-0.4, -0.2) is 6.04 Å². The van der Waals surface area contributed by atoms with Gasteiger partial charge >= 0.3 is 0 Å². The van der Waals surface area contributed by atoms with Crippen molar-refractivity contribution < 1.29 is 13.2 Å². The molecule has 0 aliphatic heterocycles. The lowest BCUT2D eigenvalue weighted by molar-refractivity contribution is 0.105. The number of hydrogen-bond donors (Lipinski definition) is 1. The third-order valence-electron chi connectivity index (χ3n) is 3.95. The maximum atomic E-state index is 13.7. The van der Waals surface area contributed by atoms with E-state index in [2.05, 4.69) is 33.0 Å². The highest BCUT2D eigenvalue weighted by atomic mass is 19.2. The van der Waals surface area contributed by atoms with Gasteiger partial charge in [0.05, 0.1) is 5.69 Å². The molecule has 0 aromatic heterocycles. The van der Waals surface area contributed by atoms with Crippen LogP contribution in [0.5, 0.6) is 0 Å². The van der Waals surface area contributed by atoms with E-state index in [1.54, 1.807) is 0 Å². The van der Waals surface area contributed by atoms with Gasteiger partial charge in [-0.25, -0.2) is 13.2 Å². The monoisotopic (exact) mass is 285 g/mol. The summed E-state index contributed by atoms with van der Waals surface area (Å²) in [6, 6.07) is 2.29. The number of halogens is 3. The number of hydrogen-bond acceptors (Lipinski definition) is 1. The number of nitrogens with one attached hydrogen (secondary N) is 1. The van der Waals surface area contributed by atoms with Crippen molar-refractivity contribution in [2.24, 2.45) is 10.8 Å². The van der Waals surface area contributed by atoms with E-state index in [9.17, 15) is 13.2 Å². The first-order valence-electron chi connectivity index (χ1n) is 7.00. The van der Waals surface area contributed by atoms with E-state index in [1.165, 1.54) is 6.07 Å². The van der Waals surface area contributed by atoms with Gasteiger partial charge < -0.3 is 5.32 Å². The number of anilines is 1. The molecule has 1 N–H and O–H groups in total. The normalized spacial score (nSPS) is 21.8. The lowest BCUT2D eigenvalue weighted by Crippen LogP contribution is -2.40. The Morgan fingerprint density at radius 2 is 1.50 bits per heavy atom. The predicted molar refractivity (Wildman–Crippen MR) is 75.1 cm³/mol. The van der Waals surface area contributed by atoms with Crippen molar-refractivity contribution in [1.82, 2.24) is 0 Å². The van der Waals surface area contributed by atoms with Gasteiger partial charge in [0, 0.05) is 6.04 Å². The summed E-state index contributed by atoms with van der Waals surface area (Å²) in [5, 5.41) is 3.05. The van der Waals surface area contributed by atoms with Crippen LogP contribution in [0.3, 0.4) is 0 Å². The summed E-state index contributed by atoms with van der Waals surface area (Å²) in [6.45, 7) is 8.74. The molecule has 0 atom stereocenters. The average molecular weight is 285 g/mol. The van der Waals surface area contributed by atoms with Crippen LogP contribution in [0.2, 0.25) is 0 Å². The summed E-state index contributed by atoms with van der Waals surface area (Å²) >= 11 is 0. The van der Waals surface area contributed by atoms with E-state index < -0.39 is 17.5 Å². The topological polar surface area (TPSA) is 12.0 Å². The molecule has 1 aliphatic carbocycles. The van der Waals surface area contributed by atoms with Crippen LogP contribution in [0.4, 0.5) is 18.9 Å². The molecule has 1 aromatic rings. The minimum atomic E-state index is -1.41. The van der Waals surface area contributed by atoms with E-state index in [0.717, 1.165) is 25.3 Å². The second kappa shape index (κ2) is 4.97. The minimum absolute atomic E-state index is 0.0439. The maximum absolute atomic E-state index is 13.7. The molecule has 0 saturated heterocycles. The molecule has 1 aromatic carbocycles. The Bertz CT molecular complexity index is 493. The molecular formula is C16H22F3N. The van der Waals surface area contributed by atoms with E-state index in [1.807, 2.05) is 0 Å². The van der Waals surface area contributed by atoms with Crippen molar-refractivity contribution in [3.05, 3.63) is 29.6 Å². The van der Waals surface area contributed by atoms with Crippen molar-refractivity contribution in [3.8, 4) is 0 Å². The minimum Gasteiger partial charge on any atom is -0.380 e. The van der Waals surface area contributed by atoms with Crippen LogP contribution in [0.15, 0.2) is 12.1 Å². The number of benzene rings is 1. The van der Waals surface area contributed by atoms with Gasteiger partial charge in [-0.1, -0.05) is 27.7 Å². The summed E-state index contributed by atoms with van der Waals surface area (Å²) in [7, 11) is 0. The Morgan fingerprint density at radius 3 is 2.05 bits per heavy atom. The molecule has 0 radical (unpaired) electrons. The zero-order valence-corrected chi connectivity index (χ0v) is 12.5. The van der Waals surface area contributed by atoms with Crippen LogP contribution < -0.4 is 5.32 Å². The molecule has 1 fully saturated rings. The van der Waals surface area contributed by atoms with Crippen LogP contribution in [-0.2, 0) is 0 Å². The molecule has 1 saturated carbocycles. The summed E-state index contributed by atoms with van der Waals surface area (Å²) in [6.07, 6.45) is 2.86. The highest BCUT2D eigenvalue weighted by Gasteiger charge is 2.38. The van der Waals surface area contributed by atoms with Crippen LogP contribution >= 0.6 is 0 Å². The van der Waals surface area contributed by atoms with Gasteiger partial charge in [0.15, 0.2) is 17.5 Å². The molecule has 0 bridgehead atoms. The fourth-order valence-electron chi connectivity index (χ4n) is 3.81. The third-order valence-corrected chi connectivity index (χ3v) is 3.95. The Morgan fingerprint density at radius 1 is 0.950 bits per heavy atom. The summed E-state index contributed by atoms with van der Waals surface area (Å²) < 4.78 is 39.9. The van der Waals surface area contributed by atoms with Crippen molar-refractivity contribution >= 4 is 5.69 Å². The van der Waals surface area contributed by atoms with Crippen LogP contribution in [0.25, 0.3) is 0 Å². The lowest BCUT2D eigenvalue weighted by Gasteiger charge is -2.45. The predicted octanol–water partition coefficient (Wildman–Crippen LogP) is 5.12. The molecule has 2 rings (SSSR count). The van der Waals surface area contributed by atoms with Crippen molar-refractivity contribution in [1.29, 1.82) is 0 Å². The van der Waals surface area contributed by atoms with E-state index in [-0.39, 0.29) is 22.6 Å². The zero-order chi connectivity index (χ0) is 15.1. The fraction of sp³-hybridized carbons (Fsp3) is 0.625. The molecule has 4 heteroatoms. The lowest BCUT2D eigenvalue weighted by atomic mass is 9.63. The smallest absolute Gasteiger partial charge is 0.196 e. The Hall–Kier alpha value is -1.19. The molecule has 0 heterocycles. The van der Waals surface area contributed by atoms with Gasteiger partial charge in [-0.3, -0.25) is 0 Å². The molecule has 1 aliphatic rings. The Labute approximate surface area is 118 Å². The first-order valence-corrected chi connectivity index (χ1v) is 7.00. The second-order valence-corrected chi connectivity index (χ2v) is 7.48. The Kier molecular flexibility index (Phi) is 3.78. The van der Waals surface area contributed by atoms with Gasteiger partial charge in [-0.2, -0.15) is 0 Å². The molecule has 20 heavy (non-hydrogen) atoms. The van der Waals surface area contributed by atoms with Crippen molar-refractivity contribution in [2.45, 2.75) is 53.0 Å². The van der Waals surface area contributed by atoms with Crippen molar-refractivity contribution in [2.75, 3.05) is 5.32 Å². The maximum Gasteiger partial charge on any atom is 0.196 e. The quantitative estimate of drug-likeness (QED) is 0.744. The van der Waals surface area contributed by atoms with Crippen LogP contribution in [0, 0.1) is 28.3 Å². The average Bonchev–Trinajstić information content (AvgIpc) is 2.26. The first-order chi connectivity index (χ1) is 9.10. The van der Waals surface area contributed by atoms with Gasteiger partial charge in [0.1, 0.15) is 0 Å². The SMILES string of the molecule is CC1(C)CC(Nc2ccc(F)c(F)c2F)CC(C)(C)C1. The summed E-state index contributed by atoms with van der Waals surface area (Å²) in [5.74, 6) is -3.70. The number of rotatable bonds is 2. The van der Waals surface area contributed by atoms with E-state index in [4.69, 9.17) is 0 Å². The molecular weight excluding hydrogens is 263 g/mol. The van der Waals surface area contributed by atoms with Crippen LogP contribution in [0.1, 0.15) is 47.0 Å². The van der Waals surface area contributed by atoms with E-state index in [0.29, 0.717) is 0 Å². The van der Waals surface area contributed by atoms with Gasteiger partial charge in [-0.15, -0.1) is 0 Å². The van der Waals surface area contributed by atoms with E-state index >= 15 is 0 Å².